The Morgan fingerprint density at radius 2 is 1.77 bits per heavy atom. The molecule has 0 radical (unpaired) electrons. The van der Waals surface area contributed by atoms with Crippen molar-refractivity contribution in [3.8, 4) is 0 Å². The maximum absolute atomic E-state index is 12.5. The molecule has 1 saturated heterocycles. The van der Waals surface area contributed by atoms with Crippen molar-refractivity contribution >= 4 is 44.7 Å². The number of hydrogen-bond acceptors (Lipinski definition) is 5. The Bertz CT molecular complexity index is 1140. The minimum Gasteiger partial charge on any atom is -0.368 e. The van der Waals surface area contributed by atoms with E-state index >= 15 is 0 Å². The van der Waals surface area contributed by atoms with E-state index < -0.39 is 5.69 Å². The number of piperazine rings is 1. The Labute approximate surface area is 182 Å². The van der Waals surface area contributed by atoms with Crippen LogP contribution in [0.4, 0.5) is 5.69 Å². The zero-order chi connectivity index (χ0) is 21.1. The number of unbranched alkanes of at least 4 members (excludes halogenated alkanes) is 1. The number of amides is 1. The maximum Gasteiger partial charge on any atom is 0.328 e. The fourth-order valence-corrected chi connectivity index (χ4v) is 4.67. The fraction of sp³-hybridized carbons (Fsp3) is 0.381. The van der Waals surface area contributed by atoms with Crippen LogP contribution in [0.25, 0.3) is 10.2 Å². The number of anilines is 1. The molecule has 1 aliphatic rings. The van der Waals surface area contributed by atoms with Crippen molar-refractivity contribution in [2.45, 2.75) is 25.8 Å². The van der Waals surface area contributed by atoms with Crippen LogP contribution in [0.15, 0.2) is 45.3 Å². The number of halogens is 1. The Kier molecular flexibility index (Phi) is 6.24. The lowest BCUT2D eigenvalue weighted by Gasteiger charge is -2.36. The summed E-state index contributed by atoms with van der Waals surface area (Å²) in [6.07, 6.45) is 1.68. The highest BCUT2D eigenvalue weighted by atomic mass is 35.5. The lowest BCUT2D eigenvalue weighted by molar-refractivity contribution is -0.131. The number of hydrogen-bond donors (Lipinski definition) is 1. The van der Waals surface area contributed by atoms with Crippen LogP contribution in [-0.4, -0.2) is 46.5 Å². The van der Waals surface area contributed by atoms with E-state index in [0.29, 0.717) is 54.1 Å². The van der Waals surface area contributed by atoms with E-state index in [0.717, 1.165) is 18.8 Å². The largest absolute Gasteiger partial charge is 0.368 e. The minimum atomic E-state index is -0.393. The van der Waals surface area contributed by atoms with Gasteiger partial charge in [0.1, 0.15) is 4.70 Å². The van der Waals surface area contributed by atoms with Crippen LogP contribution in [0.5, 0.6) is 0 Å². The Balaban J connectivity index is 1.24. The molecule has 2 aromatic heterocycles. The van der Waals surface area contributed by atoms with Gasteiger partial charge in [0.25, 0.3) is 5.56 Å². The molecule has 1 N–H and O–H groups in total. The SMILES string of the molecule is O=C(CCCCn1c(=O)[nH]c2ccsc2c1=O)N1CCN(c2ccc(Cl)cc2)CC1. The van der Waals surface area contributed by atoms with Gasteiger partial charge in [-0.15, -0.1) is 11.3 Å². The molecule has 9 heteroatoms. The van der Waals surface area contributed by atoms with Gasteiger partial charge in [0.05, 0.1) is 5.52 Å². The fourth-order valence-electron chi connectivity index (χ4n) is 3.74. The monoisotopic (exact) mass is 446 g/mol. The first-order valence-corrected chi connectivity index (χ1v) is 11.3. The first kappa shape index (κ1) is 20.7. The maximum atomic E-state index is 12.5. The molecule has 0 spiro atoms. The van der Waals surface area contributed by atoms with Gasteiger partial charge in [-0.3, -0.25) is 14.2 Å². The highest BCUT2D eigenvalue weighted by Crippen LogP contribution is 2.20. The molecule has 30 heavy (non-hydrogen) atoms. The van der Waals surface area contributed by atoms with Crippen LogP contribution in [0.1, 0.15) is 19.3 Å². The van der Waals surface area contributed by atoms with Gasteiger partial charge >= 0.3 is 5.69 Å². The van der Waals surface area contributed by atoms with E-state index in [1.54, 1.807) is 11.4 Å². The van der Waals surface area contributed by atoms with Crippen molar-refractivity contribution in [3.63, 3.8) is 0 Å². The summed E-state index contributed by atoms with van der Waals surface area (Å²) in [5, 5.41) is 2.50. The number of nitrogens with one attached hydrogen (secondary N) is 1. The number of aromatic nitrogens is 2. The van der Waals surface area contributed by atoms with Gasteiger partial charge in [-0.05, 0) is 48.6 Å². The number of thiophene rings is 1. The summed E-state index contributed by atoms with van der Waals surface area (Å²) in [5.74, 6) is 0.126. The smallest absolute Gasteiger partial charge is 0.328 e. The number of carbonyl (C=O) groups is 1. The predicted octanol–water partition coefficient (Wildman–Crippen LogP) is 2.92. The average molecular weight is 447 g/mol. The lowest BCUT2D eigenvalue weighted by atomic mass is 10.2. The molecule has 1 aliphatic heterocycles. The highest BCUT2D eigenvalue weighted by molar-refractivity contribution is 7.17. The normalized spacial score (nSPS) is 14.4. The molecule has 0 atom stereocenters. The molecule has 0 bridgehead atoms. The van der Waals surface area contributed by atoms with Gasteiger partial charge in [0, 0.05) is 49.9 Å². The van der Waals surface area contributed by atoms with Crippen molar-refractivity contribution < 1.29 is 4.79 Å². The van der Waals surface area contributed by atoms with E-state index in [9.17, 15) is 14.4 Å². The molecular weight excluding hydrogens is 424 g/mol. The third kappa shape index (κ3) is 4.44. The second-order valence-electron chi connectivity index (χ2n) is 7.35. The second-order valence-corrected chi connectivity index (χ2v) is 8.70. The van der Waals surface area contributed by atoms with Crippen molar-refractivity contribution in [3.05, 3.63) is 61.6 Å². The molecule has 1 fully saturated rings. The zero-order valence-corrected chi connectivity index (χ0v) is 18.0. The molecule has 1 amide bonds. The third-order valence-corrected chi connectivity index (χ3v) is 6.59. The number of aromatic amines is 1. The van der Waals surface area contributed by atoms with E-state index in [-0.39, 0.29) is 11.5 Å². The molecule has 0 saturated carbocycles. The molecular formula is C21H23ClN4O3S. The number of H-pyrrole nitrogens is 1. The quantitative estimate of drug-likeness (QED) is 0.590. The first-order valence-electron chi connectivity index (χ1n) is 10.0. The van der Waals surface area contributed by atoms with Gasteiger partial charge in [-0.1, -0.05) is 11.6 Å². The molecule has 3 heterocycles. The van der Waals surface area contributed by atoms with Crippen molar-refractivity contribution in [1.29, 1.82) is 0 Å². The van der Waals surface area contributed by atoms with Gasteiger partial charge in [0.15, 0.2) is 0 Å². The Morgan fingerprint density at radius 3 is 2.50 bits per heavy atom. The van der Waals surface area contributed by atoms with Gasteiger partial charge < -0.3 is 14.8 Å². The van der Waals surface area contributed by atoms with Crippen LogP contribution in [0.2, 0.25) is 5.02 Å². The van der Waals surface area contributed by atoms with Crippen molar-refractivity contribution in [2.75, 3.05) is 31.1 Å². The summed E-state index contributed by atoms with van der Waals surface area (Å²) in [5.41, 5.74) is 1.05. The summed E-state index contributed by atoms with van der Waals surface area (Å²) in [7, 11) is 0. The topological polar surface area (TPSA) is 78.4 Å². The standard InChI is InChI=1S/C21H23ClN4O3S/c22-15-4-6-16(7-5-15)24-10-12-25(13-11-24)18(27)3-1-2-9-26-20(28)19-17(8-14-30-19)23-21(26)29/h4-8,14H,1-3,9-13H2,(H,23,29). The molecule has 7 nitrogen and oxygen atoms in total. The van der Waals surface area contributed by atoms with Crippen molar-refractivity contribution in [1.82, 2.24) is 14.5 Å². The van der Waals surface area contributed by atoms with Crippen LogP contribution in [0, 0.1) is 0 Å². The molecule has 4 rings (SSSR count). The predicted molar refractivity (Wildman–Crippen MR) is 121 cm³/mol. The number of rotatable bonds is 6. The average Bonchev–Trinajstić information content (AvgIpc) is 3.22. The second kappa shape index (κ2) is 9.06. The van der Waals surface area contributed by atoms with Crippen LogP contribution in [0.3, 0.4) is 0 Å². The Hall–Kier alpha value is -2.58. The van der Waals surface area contributed by atoms with E-state index in [1.165, 1.54) is 15.9 Å². The minimum absolute atomic E-state index is 0.126. The molecule has 0 aliphatic carbocycles. The van der Waals surface area contributed by atoms with Crippen LogP contribution in [-0.2, 0) is 11.3 Å². The van der Waals surface area contributed by atoms with Gasteiger partial charge in [-0.2, -0.15) is 0 Å². The van der Waals surface area contributed by atoms with Gasteiger partial charge in [0.2, 0.25) is 5.91 Å². The summed E-state index contributed by atoms with van der Waals surface area (Å²) < 4.78 is 1.79. The summed E-state index contributed by atoms with van der Waals surface area (Å²) >= 11 is 7.27. The number of nitrogens with zero attached hydrogens (tertiary/aromatic N) is 3. The van der Waals surface area contributed by atoms with E-state index in [1.807, 2.05) is 29.2 Å². The molecule has 3 aromatic rings. The number of carbonyl (C=O) groups excluding carboxylic acids is 1. The zero-order valence-electron chi connectivity index (χ0n) is 16.5. The first-order chi connectivity index (χ1) is 14.5. The lowest BCUT2D eigenvalue weighted by Crippen LogP contribution is -2.48. The summed E-state index contributed by atoms with van der Waals surface area (Å²) in [6.45, 7) is 3.28. The van der Waals surface area contributed by atoms with Crippen LogP contribution < -0.4 is 16.1 Å². The summed E-state index contributed by atoms with van der Waals surface area (Å²) in [6, 6.07) is 9.48. The van der Waals surface area contributed by atoms with Crippen LogP contribution >= 0.6 is 22.9 Å². The highest BCUT2D eigenvalue weighted by Gasteiger charge is 2.21. The number of fused-ring (bicyclic) bond motifs is 1. The van der Waals surface area contributed by atoms with E-state index in [4.69, 9.17) is 11.6 Å². The Morgan fingerprint density at radius 1 is 1.03 bits per heavy atom. The molecule has 1 aromatic carbocycles. The van der Waals surface area contributed by atoms with Crippen molar-refractivity contribution in [2.24, 2.45) is 0 Å². The van der Waals surface area contributed by atoms with E-state index in [2.05, 4.69) is 9.88 Å². The summed E-state index contributed by atoms with van der Waals surface area (Å²) in [4.78, 5) is 43.9. The third-order valence-electron chi connectivity index (χ3n) is 5.44. The van der Waals surface area contributed by atoms with Gasteiger partial charge in [-0.25, -0.2) is 4.79 Å². The molecule has 0 unspecified atom stereocenters. The number of benzene rings is 1. The molecule has 158 valence electrons.